The van der Waals surface area contributed by atoms with Crippen molar-refractivity contribution in [3.63, 3.8) is 0 Å². The van der Waals surface area contributed by atoms with Gasteiger partial charge in [-0.2, -0.15) is 0 Å². The molecule has 0 unspecified atom stereocenters. The van der Waals surface area contributed by atoms with Crippen molar-refractivity contribution >= 4 is 16.5 Å². The highest BCUT2D eigenvalue weighted by molar-refractivity contribution is 5.98. The summed E-state index contributed by atoms with van der Waals surface area (Å²) >= 11 is 0. The van der Waals surface area contributed by atoms with Gasteiger partial charge in [0.1, 0.15) is 17.3 Å². The van der Waals surface area contributed by atoms with Gasteiger partial charge < -0.3 is 30.7 Å². The fourth-order valence-electron chi connectivity index (χ4n) is 3.73. The van der Waals surface area contributed by atoms with Gasteiger partial charge in [0, 0.05) is 35.3 Å². The molecule has 0 aliphatic heterocycles. The molecule has 2 aromatic carbocycles. The zero-order valence-corrected chi connectivity index (χ0v) is 30.2. The van der Waals surface area contributed by atoms with Crippen LogP contribution in [0, 0.1) is 18.3 Å². The van der Waals surface area contributed by atoms with Gasteiger partial charge in [-0.25, -0.2) is 0 Å². The number of nitrogens with one attached hydrogen (secondary N) is 2. The van der Waals surface area contributed by atoms with Gasteiger partial charge in [0.05, 0.1) is 25.0 Å². The first-order valence-electron chi connectivity index (χ1n) is 15.3. The normalized spacial score (nSPS) is 11.0. The summed E-state index contributed by atoms with van der Waals surface area (Å²) < 4.78 is 12.1. The molecule has 3 aromatic rings. The Morgan fingerprint density at radius 1 is 1.04 bits per heavy atom. The maximum Gasteiger partial charge on any atom is 0.135 e. The van der Waals surface area contributed by atoms with Gasteiger partial charge in [0.15, 0.2) is 0 Å². The van der Waals surface area contributed by atoms with Crippen molar-refractivity contribution in [1.29, 1.82) is 0 Å². The van der Waals surface area contributed by atoms with Crippen molar-refractivity contribution in [2.75, 3.05) is 40.1 Å². The van der Waals surface area contributed by atoms with Crippen LogP contribution in [0.2, 0.25) is 0 Å². The van der Waals surface area contributed by atoms with Crippen molar-refractivity contribution in [3.8, 4) is 24.3 Å². The van der Waals surface area contributed by atoms with Crippen molar-refractivity contribution < 1.29 is 9.47 Å². The number of terminal acetylenes is 1. The minimum Gasteiger partial charge on any atom is -0.498 e. The monoisotopic (exact) mass is 629 g/mol. The Morgan fingerprint density at radius 3 is 2.11 bits per heavy atom. The molecule has 0 atom stereocenters. The SMILES string of the molecule is C#C.C=CC.C=CN.CC.CNC/C(OC)=C(\C=C(/C)C(C)(C)C)Nc1ccc(Oc2ccnc(CN(C)C)c2)c2ccccc12. The van der Waals surface area contributed by atoms with Crippen molar-refractivity contribution in [2.24, 2.45) is 11.1 Å². The summed E-state index contributed by atoms with van der Waals surface area (Å²) in [5, 5.41) is 8.95. The van der Waals surface area contributed by atoms with Crippen molar-refractivity contribution in [3.05, 3.63) is 109 Å². The molecule has 7 heteroatoms. The van der Waals surface area contributed by atoms with Crippen LogP contribution in [0.4, 0.5) is 5.69 Å². The fraction of sp³-hybridized carbons (Fsp3) is 0.359. The number of allylic oxidation sites excluding steroid dienone is 3. The predicted molar refractivity (Wildman–Crippen MR) is 202 cm³/mol. The number of nitrogens with zero attached hydrogens (tertiary/aromatic N) is 2. The van der Waals surface area contributed by atoms with E-state index < -0.39 is 0 Å². The Morgan fingerprint density at radius 2 is 1.61 bits per heavy atom. The zero-order chi connectivity index (χ0) is 35.7. The number of aromatic nitrogens is 1. The largest absolute Gasteiger partial charge is 0.498 e. The number of pyridine rings is 1. The van der Waals surface area contributed by atoms with Crippen LogP contribution in [-0.2, 0) is 11.3 Å². The van der Waals surface area contributed by atoms with E-state index in [1.807, 2.05) is 72.2 Å². The van der Waals surface area contributed by atoms with Gasteiger partial charge in [-0.1, -0.05) is 77.1 Å². The molecular weight excluding hydrogens is 570 g/mol. The molecule has 7 nitrogen and oxygen atoms in total. The van der Waals surface area contributed by atoms with Crippen molar-refractivity contribution in [1.82, 2.24) is 15.2 Å². The molecule has 3 rings (SSSR count). The second kappa shape index (κ2) is 24.8. The third-order valence-corrected chi connectivity index (χ3v) is 6.08. The lowest BCUT2D eigenvalue weighted by Crippen LogP contribution is -2.17. The van der Waals surface area contributed by atoms with E-state index in [1.165, 1.54) is 11.8 Å². The number of ether oxygens (including phenoxy) is 2. The highest BCUT2D eigenvalue weighted by Gasteiger charge is 2.16. The third kappa shape index (κ3) is 16.0. The number of fused-ring (bicyclic) bond motifs is 1. The highest BCUT2D eigenvalue weighted by atomic mass is 16.5. The quantitative estimate of drug-likeness (QED) is 0.0893. The number of hydrogen-bond donors (Lipinski definition) is 3. The Labute approximate surface area is 280 Å². The number of anilines is 1. The van der Waals surface area contributed by atoms with Gasteiger partial charge in [-0.3, -0.25) is 4.98 Å². The number of hydrogen-bond acceptors (Lipinski definition) is 7. The fourth-order valence-corrected chi connectivity index (χ4v) is 3.73. The Balaban J connectivity index is 0. The first-order chi connectivity index (χ1) is 21.9. The number of nitrogens with two attached hydrogens (primary N) is 1. The van der Waals surface area contributed by atoms with E-state index in [9.17, 15) is 0 Å². The summed E-state index contributed by atoms with van der Waals surface area (Å²) in [7, 11) is 7.69. The number of rotatable bonds is 10. The van der Waals surface area contributed by atoms with E-state index in [1.54, 1.807) is 19.4 Å². The van der Waals surface area contributed by atoms with Crippen LogP contribution in [0.15, 0.2) is 103 Å². The van der Waals surface area contributed by atoms with E-state index in [-0.39, 0.29) is 5.41 Å². The average molecular weight is 630 g/mol. The first kappa shape index (κ1) is 43.6. The minimum absolute atomic E-state index is 0.0428. The second-order valence-corrected chi connectivity index (χ2v) is 10.9. The first-order valence-corrected chi connectivity index (χ1v) is 15.3. The molecule has 1 aromatic heterocycles. The van der Waals surface area contributed by atoms with E-state index >= 15 is 0 Å². The van der Waals surface area contributed by atoms with Crippen LogP contribution in [0.1, 0.15) is 54.2 Å². The summed E-state index contributed by atoms with van der Waals surface area (Å²) in [4.78, 5) is 6.54. The van der Waals surface area contributed by atoms with E-state index in [4.69, 9.17) is 9.47 Å². The Bertz CT molecular complexity index is 1380. The van der Waals surface area contributed by atoms with Gasteiger partial charge >= 0.3 is 0 Å². The lowest BCUT2D eigenvalue weighted by Gasteiger charge is -2.22. The summed E-state index contributed by atoms with van der Waals surface area (Å²) in [5.41, 5.74) is 8.79. The van der Waals surface area contributed by atoms with Gasteiger partial charge in [0.25, 0.3) is 0 Å². The summed E-state index contributed by atoms with van der Waals surface area (Å²) in [5.74, 6) is 2.41. The molecule has 0 aliphatic carbocycles. The summed E-state index contributed by atoms with van der Waals surface area (Å²) in [6, 6.07) is 16.2. The lowest BCUT2D eigenvalue weighted by molar-refractivity contribution is 0.278. The molecule has 0 amide bonds. The van der Waals surface area contributed by atoms with Crippen LogP contribution < -0.4 is 21.1 Å². The number of likely N-dealkylation sites (N-methyl/N-ethyl adjacent to an activating group) is 1. The van der Waals surface area contributed by atoms with E-state index in [2.05, 4.69) is 104 Å². The zero-order valence-electron chi connectivity index (χ0n) is 30.2. The highest BCUT2D eigenvalue weighted by Crippen LogP contribution is 2.36. The molecule has 4 N–H and O–H groups in total. The molecule has 0 saturated heterocycles. The summed E-state index contributed by atoms with van der Waals surface area (Å²) in [6.45, 7) is 22.6. The maximum atomic E-state index is 6.35. The van der Waals surface area contributed by atoms with Gasteiger partial charge in [-0.05, 0) is 70.9 Å². The molecule has 0 bridgehead atoms. The molecule has 0 spiro atoms. The average Bonchev–Trinajstić information content (AvgIpc) is 3.03. The van der Waals surface area contributed by atoms with Crippen LogP contribution >= 0.6 is 0 Å². The van der Waals surface area contributed by atoms with Crippen LogP contribution in [0.5, 0.6) is 11.5 Å². The summed E-state index contributed by atoms with van der Waals surface area (Å²) in [6.07, 6.45) is 15.0. The van der Waals surface area contributed by atoms with E-state index in [0.717, 1.165) is 51.7 Å². The Kier molecular flexibility index (Phi) is 23.5. The van der Waals surface area contributed by atoms with Crippen LogP contribution in [0.25, 0.3) is 10.8 Å². The molecule has 46 heavy (non-hydrogen) atoms. The molecule has 0 aliphatic rings. The minimum atomic E-state index is 0.0428. The number of methoxy groups -OCH3 is 1. The van der Waals surface area contributed by atoms with E-state index in [0.29, 0.717) is 6.54 Å². The predicted octanol–water partition coefficient (Wildman–Crippen LogP) is 9.13. The molecule has 0 saturated carbocycles. The molecule has 0 fully saturated rings. The van der Waals surface area contributed by atoms with Crippen LogP contribution in [0.3, 0.4) is 0 Å². The smallest absolute Gasteiger partial charge is 0.135 e. The van der Waals surface area contributed by atoms with Gasteiger partial charge in [0.2, 0.25) is 0 Å². The standard InChI is InChI=1S/C30H40N4O2.C3H6.C2H5N.C2H6.C2H2/c1-21(30(2,3)4)17-27(29(35-8)19-31-5)33-26-13-14-28(25-12-10-9-11-24(25)26)36-23-15-16-32-22(18-23)20-34(6)7;1-3-2;1-2-3;2*1-2/h9-18,31,33H,19-20H2,1-8H3;3H,1H2,2H3;2H,1,3H2;1-2H3;1-2H/b21-17+,29-27-;;;;. The maximum absolute atomic E-state index is 6.35. The Hall–Kier alpha value is -4.51. The van der Waals surface area contributed by atoms with Crippen LogP contribution in [-0.4, -0.2) is 44.7 Å². The third-order valence-electron chi connectivity index (χ3n) is 6.08. The molecule has 0 radical (unpaired) electrons. The molecular formula is C39H59N5O2. The lowest BCUT2D eigenvalue weighted by atomic mass is 9.87. The number of benzene rings is 2. The molecule has 252 valence electrons. The van der Waals surface area contributed by atoms with Gasteiger partial charge in [-0.15, -0.1) is 19.4 Å². The topological polar surface area (TPSA) is 84.7 Å². The second-order valence-electron chi connectivity index (χ2n) is 10.9. The molecule has 1 heterocycles. The van der Waals surface area contributed by atoms with Crippen molar-refractivity contribution in [2.45, 2.75) is 55.0 Å².